The first-order chi connectivity index (χ1) is 9.29. The van der Waals surface area contributed by atoms with Crippen molar-refractivity contribution in [1.29, 1.82) is 0 Å². The highest BCUT2D eigenvalue weighted by Crippen LogP contribution is 2.26. The smallest absolute Gasteiger partial charge is 0.226 e. The summed E-state index contributed by atoms with van der Waals surface area (Å²) in [6.07, 6.45) is 0. The minimum Gasteiger partial charge on any atom is -0.370 e. The zero-order valence-corrected chi connectivity index (χ0v) is 11.8. The fourth-order valence-corrected chi connectivity index (χ4v) is 1.40. The maximum Gasteiger partial charge on any atom is 0.226 e. The number of nitrogens with zero attached hydrogens (tertiary/aromatic N) is 2. The number of rotatable bonds is 3. The molecule has 7 heteroatoms. The van der Waals surface area contributed by atoms with Crippen molar-refractivity contribution < 1.29 is 4.79 Å². The van der Waals surface area contributed by atoms with Crippen LogP contribution in [0.3, 0.4) is 0 Å². The molecule has 0 radical (unpaired) electrons. The zero-order valence-electron chi connectivity index (χ0n) is 11.8. The molecule has 0 fully saturated rings. The molecule has 1 rings (SSSR count). The Bertz CT molecular complexity index is 558. The number of hydrogen-bond donors (Lipinski definition) is 4. The minimum atomic E-state index is -0.174. The Kier molecular flexibility index (Phi) is 5.08. The first kappa shape index (κ1) is 15.5. The summed E-state index contributed by atoms with van der Waals surface area (Å²) in [5.41, 5.74) is 18.1. The Morgan fingerprint density at radius 2 is 1.90 bits per heavy atom. The molecular weight excluding hydrogens is 256 g/mol. The van der Waals surface area contributed by atoms with Crippen LogP contribution in [0, 0.1) is 12.8 Å². The normalized spacial score (nSPS) is 11.3. The molecule has 0 atom stereocenters. The molecule has 108 valence electrons. The van der Waals surface area contributed by atoms with Crippen LogP contribution in [0.5, 0.6) is 0 Å². The molecule has 7 nitrogen and oxygen atoms in total. The largest absolute Gasteiger partial charge is 0.370 e. The van der Waals surface area contributed by atoms with Gasteiger partial charge in [0.15, 0.2) is 5.96 Å². The second kappa shape index (κ2) is 6.55. The van der Waals surface area contributed by atoms with Gasteiger partial charge in [-0.1, -0.05) is 19.9 Å². The van der Waals surface area contributed by atoms with E-state index in [4.69, 9.17) is 17.2 Å². The number of guanidine groups is 2. The van der Waals surface area contributed by atoms with E-state index in [-0.39, 0.29) is 23.7 Å². The quantitative estimate of drug-likeness (QED) is 0.480. The van der Waals surface area contributed by atoms with Crippen LogP contribution in [0.25, 0.3) is 0 Å². The molecule has 7 N–H and O–H groups in total. The van der Waals surface area contributed by atoms with Crippen LogP contribution >= 0.6 is 0 Å². The maximum absolute atomic E-state index is 11.8. The van der Waals surface area contributed by atoms with E-state index in [1.54, 1.807) is 26.0 Å². The van der Waals surface area contributed by atoms with Gasteiger partial charge in [0, 0.05) is 5.92 Å². The molecule has 1 aromatic carbocycles. The summed E-state index contributed by atoms with van der Waals surface area (Å²) < 4.78 is 0. The topological polar surface area (TPSA) is 132 Å². The highest BCUT2D eigenvalue weighted by atomic mass is 16.1. The highest BCUT2D eigenvalue weighted by molar-refractivity contribution is 5.97. The number of carbonyl (C=O) groups is 1. The second-order valence-electron chi connectivity index (χ2n) is 4.67. The number of carbonyl (C=O) groups excluding carboxylic acids is 1. The van der Waals surface area contributed by atoms with Crippen molar-refractivity contribution in [3.8, 4) is 0 Å². The zero-order chi connectivity index (χ0) is 15.3. The summed E-state index contributed by atoms with van der Waals surface area (Å²) in [7, 11) is 0. The molecule has 1 aromatic rings. The van der Waals surface area contributed by atoms with Crippen LogP contribution in [0.1, 0.15) is 19.4 Å². The Morgan fingerprint density at radius 3 is 2.45 bits per heavy atom. The van der Waals surface area contributed by atoms with Crippen molar-refractivity contribution in [2.45, 2.75) is 20.8 Å². The summed E-state index contributed by atoms with van der Waals surface area (Å²) in [4.78, 5) is 19.5. The SMILES string of the molecule is Cc1ccc(NC(=O)C(C)C)c(N=C(N)N=C(N)N)c1. The van der Waals surface area contributed by atoms with Gasteiger partial charge in [0.1, 0.15) is 0 Å². The number of nitrogens with one attached hydrogen (secondary N) is 1. The summed E-state index contributed by atoms with van der Waals surface area (Å²) in [5.74, 6) is -0.490. The number of benzene rings is 1. The molecule has 0 aliphatic rings. The predicted octanol–water partition coefficient (Wildman–Crippen LogP) is 0.809. The lowest BCUT2D eigenvalue weighted by Gasteiger charge is -2.11. The first-order valence-electron chi connectivity index (χ1n) is 6.15. The molecule has 0 unspecified atom stereocenters. The number of hydrogen-bond acceptors (Lipinski definition) is 2. The fourth-order valence-electron chi connectivity index (χ4n) is 1.40. The molecule has 20 heavy (non-hydrogen) atoms. The lowest BCUT2D eigenvalue weighted by molar-refractivity contribution is -0.118. The molecule has 0 spiro atoms. The third kappa shape index (κ3) is 4.60. The van der Waals surface area contributed by atoms with E-state index in [1.807, 2.05) is 13.0 Å². The molecule has 0 saturated heterocycles. The number of nitrogens with two attached hydrogens (primary N) is 3. The van der Waals surface area contributed by atoms with Gasteiger partial charge in [0.05, 0.1) is 11.4 Å². The maximum atomic E-state index is 11.8. The van der Waals surface area contributed by atoms with Gasteiger partial charge < -0.3 is 22.5 Å². The summed E-state index contributed by atoms with van der Waals surface area (Å²) in [5, 5.41) is 2.78. The van der Waals surface area contributed by atoms with Gasteiger partial charge in [-0.15, -0.1) is 0 Å². The molecular formula is C13H20N6O. The van der Waals surface area contributed by atoms with E-state index in [9.17, 15) is 4.79 Å². The van der Waals surface area contributed by atoms with Gasteiger partial charge in [-0.05, 0) is 24.6 Å². The molecule has 0 aliphatic heterocycles. The average Bonchev–Trinajstić information content (AvgIpc) is 2.31. The van der Waals surface area contributed by atoms with Crippen LogP contribution in [0.2, 0.25) is 0 Å². The summed E-state index contributed by atoms with van der Waals surface area (Å²) >= 11 is 0. The van der Waals surface area contributed by atoms with E-state index in [1.165, 1.54) is 0 Å². The van der Waals surface area contributed by atoms with Gasteiger partial charge >= 0.3 is 0 Å². The van der Waals surface area contributed by atoms with E-state index in [0.29, 0.717) is 11.4 Å². The lowest BCUT2D eigenvalue weighted by atomic mass is 10.1. The lowest BCUT2D eigenvalue weighted by Crippen LogP contribution is -2.26. The number of aliphatic imine (C=N–C) groups is 2. The Morgan fingerprint density at radius 1 is 1.25 bits per heavy atom. The van der Waals surface area contributed by atoms with Crippen LogP contribution in [-0.4, -0.2) is 17.8 Å². The van der Waals surface area contributed by atoms with Crippen molar-refractivity contribution in [3.05, 3.63) is 23.8 Å². The van der Waals surface area contributed by atoms with Crippen LogP contribution in [-0.2, 0) is 4.79 Å². The van der Waals surface area contributed by atoms with E-state index >= 15 is 0 Å². The standard InChI is InChI=1S/C13H20N6O/c1-7(2)11(20)17-9-5-4-8(3)6-10(9)18-13(16)19-12(14)15/h4-7H,1-3H3,(H,17,20)(H6,14,15,16,18,19). The van der Waals surface area contributed by atoms with Gasteiger partial charge in [0.2, 0.25) is 11.9 Å². The van der Waals surface area contributed by atoms with Gasteiger partial charge in [-0.25, -0.2) is 4.99 Å². The van der Waals surface area contributed by atoms with Crippen molar-refractivity contribution >= 4 is 29.2 Å². The third-order valence-corrected chi connectivity index (χ3v) is 2.41. The van der Waals surface area contributed by atoms with Crippen molar-refractivity contribution in [3.63, 3.8) is 0 Å². The van der Waals surface area contributed by atoms with E-state index in [0.717, 1.165) is 5.56 Å². The van der Waals surface area contributed by atoms with Crippen molar-refractivity contribution in [2.24, 2.45) is 33.1 Å². The Labute approximate surface area is 118 Å². The van der Waals surface area contributed by atoms with Crippen LogP contribution in [0.4, 0.5) is 11.4 Å². The molecule has 1 amide bonds. The Hall–Kier alpha value is -2.57. The molecule has 0 aliphatic carbocycles. The van der Waals surface area contributed by atoms with Gasteiger partial charge in [-0.3, -0.25) is 4.79 Å². The monoisotopic (exact) mass is 276 g/mol. The van der Waals surface area contributed by atoms with E-state index in [2.05, 4.69) is 15.3 Å². The molecule has 0 aromatic heterocycles. The minimum absolute atomic E-state index is 0.0735. The predicted molar refractivity (Wildman–Crippen MR) is 81.7 cm³/mol. The van der Waals surface area contributed by atoms with Gasteiger partial charge in [0.25, 0.3) is 0 Å². The number of aryl methyl sites for hydroxylation is 1. The van der Waals surface area contributed by atoms with Crippen molar-refractivity contribution in [1.82, 2.24) is 0 Å². The summed E-state index contributed by atoms with van der Waals surface area (Å²) in [6, 6.07) is 5.41. The van der Waals surface area contributed by atoms with Crippen LogP contribution < -0.4 is 22.5 Å². The van der Waals surface area contributed by atoms with Crippen LogP contribution in [0.15, 0.2) is 28.2 Å². The average molecular weight is 276 g/mol. The van der Waals surface area contributed by atoms with Crippen molar-refractivity contribution in [2.75, 3.05) is 5.32 Å². The molecule has 0 saturated carbocycles. The number of anilines is 1. The molecule has 0 heterocycles. The summed E-state index contributed by atoms with van der Waals surface area (Å²) in [6.45, 7) is 5.52. The second-order valence-corrected chi connectivity index (χ2v) is 4.67. The number of amides is 1. The highest BCUT2D eigenvalue weighted by Gasteiger charge is 2.10. The van der Waals surface area contributed by atoms with E-state index < -0.39 is 0 Å². The first-order valence-corrected chi connectivity index (χ1v) is 6.15. The molecule has 0 bridgehead atoms. The fraction of sp³-hybridized carbons (Fsp3) is 0.308. The Balaban J connectivity index is 3.14. The third-order valence-electron chi connectivity index (χ3n) is 2.41. The van der Waals surface area contributed by atoms with Gasteiger partial charge in [-0.2, -0.15) is 4.99 Å².